The van der Waals surface area contributed by atoms with Crippen molar-refractivity contribution in [1.82, 2.24) is 9.97 Å². The average Bonchev–Trinajstić information content (AvgIpc) is 2.64. The topological polar surface area (TPSA) is 64.1 Å². The lowest BCUT2D eigenvalue weighted by atomic mass is 10.1. The Hall–Kier alpha value is -2.86. The molecular formula is C19H17N3O2S. The molecule has 1 aromatic heterocycles. The Morgan fingerprint density at radius 2 is 1.80 bits per heavy atom. The lowest BCUT2D eigenvalue weighted by Gasteiger charge is -2.10. The van der Waals surface area contributed by atoms with E-state index in [2.05, 4.69) is 15.3 Å². The Morgan fingerprint density at radius 3 is 2.48 bits per heavy atom. The number of hydrogen-bond donors (Lipinski definition) is 1. The molecule has 0 fully saturated rings. The predicted molar refractivity (Wildman–Crippen MR) is 99.5 cm³/mol. The monoisotopic (exact) mass is 351 g/mol. The Morgan fingerprint density at radius 1 is 1.08 bits per heavy atom. The minimum Gasteiger partial charge on any atom is -0.424 e. The number of hydrogen-bond acceptors (Lipinski definition) is 5. The van der Waals surface area contributed by atoms with E-state index in [1.165, 1.54) is 0 Å². The molecule has 0 radical (unpaired) electrons. The second-order valence-electron chi connectivity index (χ2n) is 5.29. The van der Waals surface area contributed by atoms with Crippen molar-refractivity contribution in [3.63, 3.8) is 0 Å². The molecule has 25 heavy (non-hydrogen) atoms. The summed E-state index contributed by atoms with van der Waals surface area (Å²) in [6.45, 7) is 1.93. The van der Waals surface area contributed by atoms with Crippen molar-refractivity contribution in [2.45, 2.75) is 11.8 Å². The maximum Gasteiger partial charge on any atom is 0.321 e. The first-order valence-electron chi connectivity index (χ1n) is 7.66. The van der Waals surface area contributed by atoms with E-state index >= 15 is 0 Å². The van der Waals surface area contributed by atoms with Crippen molar-refractivity contribution >= 4 is 23.4 Å². The summed E-state index contributed by atoms with van der Waals surface area (Å²) in [5.41, 5.74) is 2.31. The van der Waals surface area contributed by atoms with Gasteiger partial charge in [0.25, 0.3) is 5.91 Å². The lowest BCUT2D eigenvalue weighted by molar-refractivity contribution is 0.102. The minimum atomic E-state index is -0.131. The van der Waals surface area contributed by atoms with Crippen LogP contribution in [0.5, 0.6) is 11.8 Å². The summed E-state index contributed by atoms with van der Waals surface area (Å²) in [7, 11) is 0. The molecule has 0 aliphatic heterocycles. The number of thioether (sulfide) groups is 1. The summed E-state index contributed by atoms with van der Waals surface area (Å²) in [5.74, 6) is 0.471. The van der Waals surface area contributed by atoms with Gasteiger partial charge < -0.3 is 10.1 Å². The number of nitrogens with one attached hydrogen (secondary N) is 1. The lowest BCUT2D eigenvalue weighted by Crippen LogP contribution is -2.13. The van der Waals surface area contributed by atoms with Crippen LogP contribution < -0.4 is 10.1 Å². The molecule has 0 bridgehead atoms. The predicted octanol–water partition coefficient (Wildman–Crippen LogP) is 4.55. The fourth-order valence-electron chi connectivity index (χ4n) is 2.22. The zero-order chi connectivity index (χ0) is 17.6. The number of rotatable bonds is 5. The number of ether oxygens (including phenoxy) is 1. The number of benzene rings is 2. The first-order valence-corrected chi connectivity index (χ1v) is 8.89. The van der Waals surface area contributed by atoms with E-state index < -0.39 is 0 Å². The first-order chi connectivity index (χ1) is 12.2. The third-order valence-electron chi connectivity index (χ3n) is 3.55. The van der Waals surface area contributed by atoms with Gasteiger partial charge in [-0.15, -0.1) is 11.8 Å². The Labute approximate surface area is 150 Å². The maximum absolute atomic E-state index is 12.5. The van der Waals surface area contributed by atoms with Crippen molar-refractivity contribution in [3.05, 3.63) is 72.1 Å². The van der Waals surface area contributed by atoms with E-state index in [0.717, 1.165) is 10.5 Å². The molecule has 0 saturated heterocycles. The van der Waals surface area contributed by atoms with Crippen LogP contribution in [0.1, 0.15) is 15.9 Å². The van der Waals surface area contributed by atoms with Crippen LogP contribution in [0.2, 0.25) is 0 Å². The molecule has 0 unspecified atom stereocenters. The van der Waals surface area contributed by atoms with Gasteiger partial charge in [0.05, 0.1) is 0 Å². The van der Waals surface area contributed by atoms with E-state index in [1.807, 2.05) is 31.4 Å². The molecular weight excluding hydrogens is 334 g/mol. The molecule has 126 valence electrons. The molecule has 0 saturated carbocycles. The van der Waals surface area contributed by atoms with Gasteiger partial charge in [0.15, 0.2) is 0 Å². The molecule has 3 aromatic rings. The van der Waals surface area contributed by atoms with Crippen LogP contribution in [0.15, 0.2) is 65.8 Å². The van der Waals surface area contributed by atoms with Crippen LogP contribution in [0.4, 0.5) is 5.69 Å². The molecule has 5 nitrogen and oxygen atoms in total. The molecule has 0 spiro atoms. The third kappa shape index (κ3) is 4.36. The van der Waals surface area contributed by atoms with Crippen molar-refractivity contribution in [2.24, 2.45) is 0 Å². The fraction of sp³-hybridized carbons (Fsp3) is 0.105. The van der Waals surface area contributed by atoms with Gasteiger partial charge >= 0.3 is 6.01 Å². The van der Waals surface area contributed by atoms with Crippen molar-refractivity contribution in [1.29, 1.82) is 0 Å². The summed E-state index contributed by atoms with van der Waals surface area (Å²) in [6, 6.07) is 15.0. The van der Waals surface area contributed by atoms with Crippen molar-refractivity contribution < 1.29 is 9.53 Å². The van der Waals surface area contributed by atoms with Gasteiger partial charge in [0.1, 0.15) is 5.75 Å². The number of amides is 1. The highest BCUT2D eigenvalue weighted by Crippen LogP contribution is 2.22. The fourth-order valence-corrected chi connectivity index (χ4v) is 2.66. The van der Waals surface area contributed by atoms with Crippen LogP contribution >= 0.6 is 11.8 Å². The van der Waals surface area contributed by atoms with Crippen LogP contribution in [0.3, 0.4) is 0 Å². The summed E-state index contributed by atoms with van der Waals surface area (Å²) >= 11 is 1.61. The number of aryl methyl sites for hydroxylation is 1. The zero-order valence-corrected chi connectivity index (χ0v) is 14.7. The highest BCUT2D eigenvalue weighted by atomic mass is 32.2. The molecule has 1 heterocycles. The van der Waals surface area contributed by atoms with E-state index in [9.17, 15) is 4.79 Å². The molecule has 6 heteroatoms. The van der Waals surface area contributed by atoms with Gasteiger partial charge in [-0.1, -0.05) is 6.07 Å². The van der Waals surface area contributed by atoms with E-state index in [-0.39, 0.29) is 11.9 Å². The normalized spacial score (nSPS) is 10.3. The number of nitrogens with zero attached hydrogens (tertiary/aromatic N) is 2. The molecule has 1 N–H and O–H groups in total. The highest BCUT2D eigenvalue weighted by molar-refractivity contribution is 7.98. The van der Waals surface area contributed by atoms with Gasteiger partial charge in [-0.3, -0.25) is 4.79 Å². The van der Waals surface area contributed by atoms with Gasteiger partial charge in [-0.2, -0.15) is 0 Å². The largest absolute Gasteiger partial charge is 0.424 e. The van der Waals surface area contributed by atoms with Crippen LogP contribution in [-0.4, -0.2) is 22.1 Å². The zero-order valence-electron chi connectivity index (χ0n) is 13.9. The first kappa shape index (κ1) is 17.0. The standard InChI is InChI=1S/C19H17N3O2S/c1-13-4-9-16(25-2)12-17(13)18(23)22-14-5-7-15(8-6-14)24-19-20-10-3-11-21-19/h3-12H,1-2H3,(H,22,23). The van der Waals surface area contributed by atoms with Crippen molar-refractivity contribution in [2.75, 3.05) is 11.6 Å². The highest BCUT2D eigenvalue weighted by Gasteiger charge is 2.10. The summed E-state index contributed by atoms with van der Waals surface area (Å²) < 4.78 is 5.53. The number of anilines is 1. The maximum atomic E-state index is 12.5. The van der Waals surface area contributed by atoms with E-state index in [0.29, 0.717) is 17.0 Å². The van der Waals surface area contributed by atoms with E-state index in [4.69, 9.17) is 4.74 Å². The van der Waals surface area contributed by atoms with Gasteiger partial charge in [0.2, 0.25) is 0 Å². The third-order valence-corrected chi connectivity index (χ3v) is 4.28. The summed E-state index contributed by atoms with van der Waals surface area (Å²) in [4.78, 5) is 21.6. The minimum absolute atomic E-state index is 0.131. The number of carbonyl (C=O) groups is 1. The second-order valence-corrected chi connectivity index (χ2v) is 6.17. The van der Waals surface area contributed by atoms with Crippen LogP contribution in [0.25, 0.3) is 0 Å². The molecule has 1 amide bonds. The quantitative estimate of drug-likeness (QED) is 0.683. The number of aromatic nitrogens is 2. The second kappa shape index (κ2) is 7.81. The molecule has 0 aliphatic rings. The van der Waals surface area contributed by atoms with Crippen LogP contribution in [-0.2, 0) is 0 Å². The smallest absolute Gasteiger partial charge is 0.321 e. The molecule has 0 aliphatic carbocycles. The molecule has 3 rings (SSSR count). The summed E-state index contributed by atoms with van der Waals surface area (Å²) in [5, 5.41) is 2.91. The van der Waals surface area contributed by atoms with Crippen molar-refractivity contribution in [3.8, 4) is 11.8 Å². The Balaban J connectivity index is 1.70. The average molecular weight is 351 g/mol. The van der Waals surface area contributed by atoms with E-state index in [1.54, 1.807) is 54.5 Å². The number of carbonyl (C=O) groups excluding carboxylic acids is 1. The molecule has 0 atom stereocenters. The van der Waals surface area contributed by atoms with Gasteiger partial charge in [-0.05, 0) is 61.2 Å². The van der Waals surface area contributed by atoms with Gasteiger partial charge in [-0.25, -0.2) is 9.97 Å². The SMILES string of the molecule is CSc1ccc(C)c(C(=O)Nc2ccc(Oc3ncccn3)cc2)c1. The Kier molecular flexibility index (Phi) is 5.30. The Bertz CT molecular complexity index is 868. The molecule has 2 aromatic carbocycles. The van der Waals surface area contributed by atoms with Crippen LogP contribution in [0, 0.1) is 6.92 Å². The van der Waals surface area contributed by atoms with Gasteiger partial charge in [0, 0.05) is 28.5 Å². The summed E-state index contributed by atoms with van der Waals surface area (Å²) in [6.07, 6.45) is 5.21.